The molecule has 0 aromatic heterocycles. The molecule has 2 N–H and O–H groups in total. The van der Waals surface area contributed by atoms with Gasteiger partial charge in [-0.1, -0.05) is 6.92 Å². The number of rotatable bonds is 5. The van der Waals surface area contributed by atoms with Gasteiger partial charge in [0.25, 0.3) is 0 Å². The first-order chi connectivity index (χ1) is 7.44. The summed E-state index contributed by atoms with van der Waals surface area (Å²) in [7, 11) is -4.10. The molecular formula is C9H18NO5P. The van der Waals surface area contributed by atoms with E-state index in [2.05, 4.69) is 0 Å². The zero-order chi connectivity index (χ0) is 12.2. The number of ether oxygens (including phenoxy) is 1. The summed E-state index contributed by atoms with van der Waals surface area (Å²) < 4.78 is 15.9. The second kappa shape index (κ2) is 5.77. The van der Waals surface area contributed by atoms with E-state index in [4.69, 9.17) is 14.5 Å². The maximum Gasteiger partial charge on any atom is 0.339 e. The summed E-state index contributed by atoms with van der Waals surface area (Å²) in [5.74, 6) is -0.368. The molecule has 0 amide bonds. The molecule has 0 saturated carbocycles. The van der Waals surface area contributed by atoms with Crippen LogP contribution in [-0.2, 0) is 14.1 Å². The molecule has 6 nitrogen and oxygen atoms in total. The van der Waals surface area contributed by atoms with Gasteiger partial charge in [0, 0.05) is 0 Å². The minimum Gasteiger partial charge on any atom is -0.465 e. The standard InChI is InChI=1S/C9H18NO5P/c1-2-6-15-9(11)8-4-3-5-10(8)7-16(12,13)14/h8H,2-7H2,1H3,(H2,12,13,14)/t8-/m0/s1. The van der Waals surface area contributed by atoms with Crippen LogP contribution in [0.3, 0.4) is 0 Å². The quantitative estimate of drug-likeness (QED) is 0.547. The number of hydrogen-bond acceptors (Lipinski definition) is 4. The van der Waals surface area contributed by atoms with Crippen molar-refractivity contribution < 1.29 is 23.9 Å². The SMILES string of the molecule is CCCOC(=O)[C@@H]1CCCN1CP(=O)(O)O. The first-order valence-corrected chi connectivity index (χ1v) is 7.19. The normalized spacial score (nSPS) is 22.3. The summed E-state index contributed by atoms with van der Waals surface area (Å²) in [6, 6.07) is -0.487. The van der Waals surface area contributed by atoms with Crippen LogP contribution in [0.4, 0.5) is 0 Å². The molecule has 0 aromatic carbocycles. The molecule has 16 heavy (non-hydrogen) atoms. The molecule has 1 fully saturated rings. The average molecular weight is 251 g/mol. The Morgan fingerprint density at radius 2 is 2.25 bits per heavy atom. The summed E-state index contributed by atoms with van der Waals surface area (Å²) in [6.07, 6.45) is 1.77. The summed E-state index contributed by atoms with van der Waals surface area (Å²) >= 11 is 0. The molecule has 1 saturated heterocycles. The van der Waals surface area contributed by atoms with Gasteiger partial charge in [-0.3, -0.25) is 14.3 Å². The largest absolute Gasteiger partial charge is 0.465 e. The second-order valence-corrected chi connectivity index (χ2v) is 5.56. The Morgan fingerprint density at radius 3 is 2.81 bits per heavy atom. The Labute approximate surface area is 94.7 Å². The van der Waals surface area contributed by atoms with Crippen molar-refractivity contribution in [2.75, 3.05) is 19.4 Å². The van der Waals surface area contributed by atoms with Gasteiger partial charge >= 0.3 is 13.6 Å². The molecule has 0 aromatic rings. The fourth-order valence-electron chi connectivity index (χ4n) is 1.80. The fraction of sp³-hybridized carbons (Fsp3) is 0.889. The van der Waals surface area contributed by atoms with Gasteiger partial charge in [0.1, 0.15) is 12.3 Å². The first kappa shape index (κ1) is 13.6. The first-order valence-electron chi connectivity index (χ1n) is 5.39. The number of esters is 1. The molecule has 0 bridgehead atoms. The van der Waals surface area contributed by atoms with Crippen molar-refractivity contribution in [3.8, 4) is 0 Å². The van der Waals surface area contributed by atoms with E-state index >= 15 is 0 Å². The van der Waals surface area contributed by atoms with Gasteiger partial charge < -0.3 is 14.5 Å². The van der Waals surface area contributed by atoms with E-state index in [9.17, 15) is 9.36 Å². The minimum atomic E-state index is -4.10. The zero-order valence-corrected chi connectivity index (χ0v) is 10.2. The number of carbonyl (C=O) groups excluding carboxylic acids is 1. The highest BCUT2D eigenvalue weighted by atomic mass is 31.2. The van der Waals surface area contributed by atoms with E-state index in [0.717, 1.165) is 12.8 Å². The molecule has 1 aliphatic rings. The van der Waals surface area contributed by atoms with E-state index < -0.39 is 13.6 Å². The molecule has 0 radical (unpaired) electrons. The van der Waals surface area contributed by atoms with Crippen LogP contribution in [0.25, 0.3) is 0 Å². The van der Waals surface area contributed by atoms with Crippen molar-refractivity contribution in [2.24, 2.45) is 0 Å². The Balaban J connectivity index is 2.51. The molecule has 0 unspecified atom stereocenters. The molecule has 1 heterocycles. The predicted molar refractivity (Wildman–Crippen MR) is 57.9 cm³/mol. The maximum absolute atomic E-state index is 11.6. The average Bonchev–Trinajstić information content (AvgIpc) is 2.59. The van der Waals surface area contributed by atoms with Crippen LogP contribution in [0, 0.1) is 0 Å². The van der Waals surface area contributed by atoms with Crippen LogP contribution in [0.15, 0.2) is 0 Å². The Bertz CT molecular complexity index is 290. The van der Waals surface area contributed by atoms with Gasteiger partial charge in [-0.15, -0.1) is 0 Å². The van der Waals surface area contributed by atoms with Gasteiger partial charge in [-0.2, -0.15) is 0 Å². The van der Waals surface area contributed by atoms with Crippen LogP contribution in [-0.4, -0.2) is 46.1 Å². The lowest BCUT2D eigenvalue weighted by Crippen LogP contribution is -2.37. The van der Waals surface area contributed by atoms with Crippen LogP contribution in [0.1, 0.15) is 26.2 Å². The van der Waals surface area contributed by atoms with E-state index in [1.807, 2.05) is 6.92 Å². The van der Waals surface area contributed by atoms with Crippen LogP contribution in [0.5, 0.6) is 0 Å². The van der Waals surface area contributed by atoms with Crippen molar-refractivity contribution in [1.82, 2.24) is 4.90 Å². The predicted octanol–water partition coefficient (Wildman–Crippen LogP) is 0.539. The van der Waals surface area contributed by atoms with Gasteiger partial charge in [0.15, 0.2) is 0 Å². The number of nitrogens with zero attached hydrogens (tertiary/aromatic N) is 1. The third-order valence-corrected chi connectivity index (χ3v) is 3.18. The smallest absolute Gasteiger partial charge is 0.339 e. The van der Waals surface area contributed by atoms with Gasteiger partial charge in [0.05, 0.1) is 6.61 Å². The second-order valence-electron chi connectivity index (χ2n) is 3.94. The van der Waals surface area contributed by atoms with Crippen LogP contribution >= 0.6 is 7.60 Å². The molecule has 1 rings (SSSR count). The monoisotopic (exact) mass is 251 g/mol. The topological polar surface area (TPSA) is 87.1 Å². The Hall–Kier alpha value is -0.420. The molecule has 0 aliphatic carbocycles. The van der Waals surface area contributed by atoms with Crippen LogP contribution in [0.2, 0.25) is 0 Å². The lowest BCUT2D eigenvalue weighted by molar-refractivity contribution is -0.148. The lowest BCUT2D eigenvalue weighted by atomic mass is 10.2. The van der Waals surface area contributed by atoms with Gasteiger partial charge in [-0.25, -0.2) is 0 Å². The molecule has 1 atom stereocenters. The Kier molecular flexibility index (Phi) is 4.92. The summed E-state index contributed by atoms with van der Waals surface area (Å²) in [6.45, 7) is 2.80. The van der Waals surface area contributed by atoms with E-state index in [1.54, 1.807) is 0 Å². The van der Waals surface area contributed by atoms with Gasteiger partial charge in [0.2, 0.25) is 0 Å². The fourth-order valence-corrected chi connectivity index (χ4v) is 2.61. The van der Waals surface area contributed by atoms with Crippen molar-refractivity contribution in [1.29, 1.82) is 0 Å². The minimum absolute atomic E-state index is 0.360. The molecule has 1 aliphatic heterocycles. The van der Waals surface area contributed by atoms with E-state index in [-0.39, 0.29) is 12.3 Å². The van der Waals surface area contributed by atoms with Gasteiger partial charge in [-0.05, 0) is 25.8 Å². The highest BCUT2D eigenvalue weighted by Gasteiger charge is 2.35. The molecular weight excluding hydrogens is 233 g/mol. The lowest BCUT2D eigenvalue weighted by Gasteiger charge is -2.22. The third kappa shape index (κ3) is 4.22. The van der Waals surface area contributed by atoms with Crippen molar-refractivity contribution >= 4 is 13.6 Å². The molecule has 7 heteroatoms. The highest BCUT2D eigenvalue weighted by molar-refractivity contribution is 7.51. The third-order valence-electron chi connectivity index (χ3n) is 2.45. The van der Waals surface area contributed by atoms with Crippen molar-refractivity contribution in [3.63, 3.8) is 0 Å². The van der Waals surface area contributed by atoms with Crippen molar-refractivity contribution in [3.05, 3.63) is 0 Å². The van der Waals surface area contributed by atoms with E-state index in [0.29, 0.717) is 19.6 Å². The van der Waals surface area contributed by atoms with Crippen LogP contribution < -0.4 is 0 Å². The number of likely N-dealkylation sites (tertiary alicyclic amines) is 1. The number of carbonyl (C=O) groups is 1. The maximum atomic E-state index is 11.6. The number of hydrogen-bond donors (Lipinski definition) is 2. The van der Waals surface area contributed by atoms with Crippen molar-refractivity contribution in [2.45, 2.75) is 32.2 Å². The molecule has 0 spiro atoms. The summed E-state index contributed by atoms with van der Waals surface area (Å²) in [5.41, 5.74) is 0. The van der Waals surface area contributed by atoms with E-state index in [1.165, 1.54) is 4.90 Å². The Morgan fingerprint density at radius 1 is 1.56 bits per heavy atom. The highest BCUT2D eigenvalue weighted by Crippen LogP contribution is 2.37. The molecule has 94 valence electrons. The summed E-state index contributed by atoms with van der Waals surface area (Å²) in [4.78, 5) is 30.8. The zero-order valence-electron chi connectivity index (χ0n) is 9.33. The summed E-state index contributed by atoms with van der Waals surface area (Å²) in [5, 5.41) is 0.